The largest absolute Gasteiger partial charge is 0.325 e. The lowest BCUT2D eigenvalue weighted by atomic mass is 10.1. The summed E-state index contributed by atoms with van der Waals surface area (Å²) in [6.07, 6.45) is 2.22. The molecular formula is C22H28N4OS2. The molecule has 0 aliphatic carbocycles. The Bertz CT molecular complexity index is 991. The number of hydrogen-bond donors (Lipinski definition) is 1. The molecule has 29 heavy (non-hydrogen) atoms. The highest BCUT2D eigenvalue weighted by atomic mass is 32.2. The van der Waals surface area contributed by atoms with E-state index in [1.165, 1.54) is 16.6 Å². The summed E-state index contributed by atoms with van der Waals surface area (Å²) in [5.74, 6) is 1.13. The number of aromatic nitrogens is 3. The first-order chi connectivity index (χ1) is 13.9. The Morgan fingerprint density at radius 2 is 2.07 bits per heavy atom. The number of aryl methyl sites for hydroxylation is 2. The van der Waals surface area contributed by atoms with E-state index in [9.17, 15) is 4.79 Å². The highest BCUT2D eigenvalue weighted by molar-refractivity contribution is 7.99. The van der Waals surface area contributed by atoms with Crippen molar-refractivity contribution < 1.29 is 4.79 Å². The lowest BCUT2D eigenvalue weighted by Crippen LogP contribution is -2.16. The van der Waals surface area contributed by atoms with E-state index in [2.05, 4.69) is 52.3 Å². The average Bonchev–Trinajstić information content (AvgIpc) is 3.31. The van der Waals surface area contributed by atoms with Gasteiger partial charge in [-0.1, -0.05) is 37.2 Å². The fraction of sp³-hybridized carbons (Fsp3) is 0.409. The van der Waals surface area contributed by atoms with Gasteiger partial charge >= 0.3 is 0 Å². The van der Waals surface area contributed by atoms with Crippen LogP contribution in [0.4, 0.5) is 5.69 Å². The minimum atomic E-state index is -0.0377. The van der Waals surface area contributed by atoms with E-state index < -0.39 is 0 Å². The third-order valence-electron chi connectivity index (χ3n) is 4.80. The summed E-state index contributed by atoms with van der Waals surface area (Å²) >= 11 is 3.19. The van der Waals surface area contributed by atoms with Crippen molar-refractivity contribution in [2.24, 2.45) is 0 Å². The molecule has 2 aromatic heterocycles. The number of anilines is 1. The van der Waals surface area contributed by atoms with E-state index >= 15 is 0 Å². The monoisotopic (exact) mass is 428 g/mol. The number of hydrogen-bond acceptors (Lipinski definition) is 5. The van der Waals surface area contributed by atoms with Gasteiger partial charge in [0.05, 0.1) is 5.75 Å². The van der Waals surface area contributed by atoms with Gasteiger partial charge in [-0.05, 0) is 57.4 Å². The first-order valence-electron chi connectivity index (χ1n) is 9.92. The SMILES string of the molecule is CCCc1cc(-c2nnc(SCC(=O)Nc3cccc(C)c3C)n2C(C)C)cs1. The van der Waals surface area contributed by atoms with Crippen LogP contribution in [-0.4, -0.2) is 26.4 Å². The van der Waals surface area contributed by atoms with Crippen molar-refractivity contribution in [1.29, 1.82) is 0 Å². The van der Waals surface area contributed by atoms with Crippen LogP contribution in [0.2, 0.25) is 0 Å². The van der Waals surface area contributed by atoms with Crippen molar-refractivity contribution in [3.63, 3.8) is 0 Å². The van der Waals surface area contributed by atoms with Crippen LogP contribution in [0.1, 0.15) is 49.2 Å². The Morgan fingerprint density at radius 3 is 2.79 bits per heavy atom. The summed E-state index contributed by atoms with van der Waals surface area (Å²) in [5.41, 5.74) is 4.23. The zero-order valence-corrected chi connectivity index (χ0v) is 19.3. The molecule has 0 saturated carbocycles. The third kappa shape index (κ3) is 5.08. The molecule has 0 fully saturated rings. The Morgan fingerprint density at radius 1 is 1.28 bits per heavy atom. The lowest BCUT2D eigenvalue weighted by Gasteiger charge is -2.13. The van der Waals surface area contributed by atoms with Gasteiger partial charge in [-0.2, -0.15) is 0 Å². The smallest absolute Gasteiger partial charge is 0.234 e. The van der Waals surface area contributed by atoms with Gasteiger partial charge in [0.2, 0.25) is 5.91 Å². The molecule has 0 radical (unpaired) electrons. The second kappa shape index (κ2) is 9.59. The Labute approximate surface area is 180 Å². The average molecular weight is 429 g/mol. The van der Waals surface area contributed by atoms with Crippen molar-refractivity contribution in [3.8, 4) is 11.4 Å². The second-order valence-electron chi connectivity index (χ2n) is 7.41. The number of carbonyl (C=O) groups excluding carboxylic acids is 1. The van der Waals surface area contributed by atoms with Gasteiger partial charge < -0.3 is 5.32 Å². The number of benzene rings is 1. The summed E-state index contributed by atoms with van der Waals surface area (Å²) in [5, 5.41) is 14.7. The number of amides is 1. The zero-order chi connectivity index (χ0) is 21.0. The second-order valence-corrected chi connectivity index (χ2v) is 9.34. The van der Waals surface area contributed by atoms with Gasteiger partial charge in [0.25, 0.3) is 0 Å². The van der Waals surface area contributed by atoms with E-state index in [4.69, 9.17) is 0 Å². The molecule has 0 aliphatic heterocycles. The molecule has 0 aliphatic rings. The van der Waals surface area contributed by atoms with Crippen LogP contribution in [0.25, 0.3) is 11.4 Å². The number of nitrogens with zero attached hydrogens (tertiary/aromatic N) is 3. The maximum absolute atomic E-state index is 12.5. The van der Waals surface area contributed by atoms with Crippen molar-refractivity contribution in [2.75, 3.05) is 11.1 Å². The van der Waals surface area contributed by atoms with E-state index in [0.717, 1.165) is 46.2 Å². The summed E-state index contributed by atoms with van der Waals surface area (Å²) < 4.78 is 2.12. The standard InChI is InChI=1S/C22H28N4OS2/c1-6-8-18-11-17(12-28-18)21-24-25-22(26(21)14(2)3)29-13-20(27)23-19-10-7-9-15(4)16(19)5/h7,9-12,14H,6,8,13H2,1-5H3,(H,23,27). The normalized spacial score (nSPS) is 11.2. The molecule has 3 rings (SSSR count). The summed E-state index contributed by atoms with van der Waals surface area (Å²) in [6, 6.07) is 8.35. The van der Waals surface area contributed by atoms with Gasteiger partial charge in [-0.3, -0.25) is 9.36 Å². The Hall–Kier alpha value is -2.12. The quantitative estimate of drug-likeness (QED) is 0.455. The van der Waals surface area contributed by atoms with Crippen molar-refractivity contribution in [1.82, 2.24) is 14.8 Å². The van der Waals surface area contributed by atoms with E-state index in [1.54, 1.807) is 11.3 Å². The molecule has 1 aromatic carbocycles. The van der Waals surface area contributed by atoms with E-state index in [0.29, 0.717) is 5.75 Å². The third-order valence-corrected chi connectivity index (χ3v) is 6.74. The summed E-state index contributed by atoms with van der Waals surface area (Å²) in [7, 11) is 0. The van der Waals surface area contributed by atoms with Crippen molar-refractivity contribution >= 4 is 34.7 Å². The molecule has 1 amide bonds. The van der Waals surface area contributed by atoms with Crippen LogP contribution in [-0.2, 0) is 11.2 Å². The van der Waals surface area contributed by atoms with Crippen molar-refractivity contribution in [3.05, 3.63) is 45.6 Å². The predicted molar refractivity (Wildman–Crippen MR) is 123 cm³/mol. The highest BCUT2D eigenvalue weighted by Crippen LogP contribution is 2.31. The molecule has 2 heterocycles. The number of thiophene rings is 1. The molecule has 0 saturated heterocycles. The topological polar surface area (TPSA) is 59.8 Å². The lowest BCUT2D eigenvalue weighted by molar-refractivity contribution is -0.113. The number of thioether (sulfide) groups is 1. The van der Waals surface area contributed by atoms with E-state index in [1.807, 2.05) is 32.0 Å². The molecule has 5 nitrogen and oxygen atoms in total. The minimum absolute atomic E-state index is 0.0377. The zero-order valence-electron chi connectivity index (χ0n) is 17.7. The molecule has 7 heteroatoms. The minimum Gasteiger partial charge on any atom is -0.325 e. The molecule has 0 atom stereocenters. The van der Waals surface area contributed by atoms with Crippen molar-refractivity contribution in [2.45, 2.75) is 58.7 Å². The summed E-state index contributed by atoms with van der Waals surface area (Å²) in [4.78, 5) is 13.9. The molecule has 0 spiro atoms. The van der Waals surface area contributed by atoms with Gasteiger partial charge in [0.15, 0.2) is 11.0 Å². The fourth-order valence-electron chi connectivity index (χ4n) is 3.12. The molecule has 1 N–H and O–H groups in total. The Balaban J connectivity index is 1.73. The molecule has 3 aromatic rings. The van der Waals surface area contributed by atoms with E-state index in [-0.39, 0.29) is 11.9 Å². The van der Waals surface area contributed by atoms with Gasteiger partial charge in [0.1, 0.15) is 0 Å². The van der Waals surface area contributed by atoms with Crippen LogP contribution in [0.5, 0.6) is 0 Å². The first-order valence-corrected chi connectivity index (χ1v) is 11.8. The van der Waals surface area contributed by atoms with Crippen LogP contribution in [0.3, 0.4) is 0 Å². The number of nitrogens with one attached hydrogen (secondary N) is 1. The van der Waals surface area contributed by atoms with Crippen LogP contribution < -0.4 is 5.32 Å². The van der Waals surface area contributed by atoms with Gasteiger partial charge in [-0.15, -0.1) is 21.5 Å². The van der Waals surface area contributed by atoms with Crippen LogP contribution in [0, 0.1) is 13.8 Å². The predicted octanol–water partition coefficient (Wildman–Crippen LogP) is 5.89. The van der Waals surface area contributed by atoms with Gasteiger partial charge in [0, 0.05) is 27.5 Å². The summed E-state index contributed by atoms with van der Waals surface area (Å²) in [6.45, 7) is 10.5. The van der Waals surface area contributed by atoms with Crippen LogP contribution in [0.15, 0.2) is 34.8 Å². The van der Waals surface area contributed by atoms with Crippen LogP contribution >= 0.6 is 23.1 Å². The number of carbonyl (C=O) groups is 1. The first kappa shape index (κ1) is 21.6. The molecule has 0 unspecified atom stereocenters. The molecular weight excluding hydrogens is 400 g/mol. The highest BCUT2D eigenvalue weighted by Gasteiger charge is 2.19. The molecule has 154 valence electrons. The Kier molecular flexibility index (Phi) is 7.14. The maximum Gasteiger partial charge on any atom is 0.234 e. The fourth-order valence-corrected chi connectivity index (χ4v) is 4.95. The molecule has 0 bridgehead atoms. The number of rotatable bonds is 8. The maximum atomic E-state index is 12.5. The van der Waals surface area contributed by atoms with Gasteiger partial charge in [-0.25, -0.2) is 0 Å².